The lowest BCUT2D eigenvalue weighted by molar-refractivity contribution is -0.384. The maximum atomic E-state index is 12.2. The topological polar surface area (TPSA) is 103 Å². The van der Waals surface area contributed by atoms with Gasteiger partial charge in [0.05, 0.1) is 11.1 Å². The molecule has 0 spiro atoms. The van der Waals surface area contributed by atoms with Crippen molar-refractivity contribution in [2.75, 3.05) is 11.1 Å². The van der Waals surface area contributed by atoms with Gasteiger partial charge in [-0.3, -0.25) is 14.9 Å². The minimum atomic E-state index is -0.508. The number of aromatic nitrogens is 1. The predicted octanol–water partition coefficient (Wildman–Crippen LogP) is 2.64. The molecule has 3 N–H and O–H groups in total. The highest BCUT2D eigenvalue weighted by Gasteiger charge is 2.19. The Hall–Kier alpha value is -2.83. The standard InChI is InChI=1S/C14H16N4O3/c1-2-7-17-9-12(18(20)21)8-13(17)14(19)16-11-5-3-10(15)4-6-11/h3-6,8-9H,2,7,15H2,1H3,(H,16,19). The molecule has 0 unspecified atom stereocenters. The number of benzene rings is 1. The summed E-state index contributed by atoms with van der Waals surface area (Å²) in [7, 11) is 0. The zero-order chi connectivity index (χ0) is 15.4. The minimum absolute atomic E-state index is 0.0918. The molecule has 2 aromatic rings. The van der Waals surface area contributed by atoms with Crippen LogP contribution in [0.4, 0.5) is 17.1 Å². The van der Waals surface area contributed by atoms with Gasteiger partial charge in [0.15, 0.2) is 0 Å². The molecule has 2 rings (SSSR count). The Bertz CT molecular complexity index is 661. The van der Waals surface area contributed by atoms with Gasteiger partial charge in [-0.15, -0.1) is 0 Å². The highest BCUT2D eigenvalue weighted by Crippen LogP contribution is 2.19. The molecule has 0 bridgehead atoms. The SMILES string of the molecule is CCCn1cc([N+](=O)[O-])cc1C(=O)Nc1ccc(N)cc1. The van der Waals surface area contributed by atoms with Crippen LogP contribution in [-0.4, -0.2) is 15.4 Å². The van der Waals surface area contributed by atoms with Crippen LogP contribution in [0.3, 0.4) is 0 Å². The van der Waals surface area contributed by atoms with Gasteiger partial charge in [-0.1, -0.05) is 6.92 Å². The van der Waals surface area contributed by atoms with E-state index in [4.69, 9.17) is 5.73 Å². The number of rotatable bonds is 5. The number of nitrogens with two attached hydrogens (primary N) is 1. The van der Waals surface area contributed by atoms with E-state index in [0.717, 1.165) is 6.42 Å². The second-order valence-electron chi connectivity index (χ2n) is 4.61. The van der Waals surface area contributed by atoms with E-state index in [0.29, 0.717) is 17.9 Å². The van der Waals surface area contributed by atoms with Gasteiger partial charge in [0.2, 0.25) is 0 Å². The van der Waals surface area contributed by atoms with Crippen LogP contribution in [0.1, 0.15) is 23.8 Å². The van der Waals surface area contributed by atoms with Crippen molar-refractivity contribution in [2.24, 2.45) is 0 Å². The normalized spacial score (nSPS) is 10.3. The predicted molar refractivity (Wildman–Crippen MR) is 80.2 cm³/mol. The number of aryl methyl sites for hydroxylation is 1. The molecular formula is C14H16N4O3. The number of carbonyl (C=O) groups excluding carboxylic acids is 1. The quantitative estimate of drug-likeness (QED) is 0.501. The van der Waals surface area contributed by atoms with Crippen molar-refractivity contribution in [1.29, 1.82) is 0 Å². The zero-order valence-electron chi connectivity index (χ0n) is 11.6. The fraction of sp³-hybridized carbons (Fsp3) is 0.214. The summed E-state index contributed by atoms with van der Waals surface area (Å²) in [5.74, 6) is -0.388. The minimum Gasteiger partial charge on any atom is -0.399 e. The maximum absolute atomic E-state index is 12.2. The Balaban J connectivity index is 2.25. The van der Waals surface area contributed by atoms with Gasteiger partial charge in [-0.2, -0.15) is 0 Å². The number of anilines is 2. The van der Waals surface area contributed by atoms with Crippen LogP contribution in [0.25, 0.3) is 0 Å². The van der Waals surface area contributed by atoms with Gasteiger partial charge in [0.1, 0.15) is 5.69 Å². The molecule has 7 nitrogen and oxygen atoms in total. The van der Waals surface area contributed by atoms with Crippen molar-refractivity contribution >= 4 is 23.0 Å². The highest BCUT2D eigenvalue weighted by molar-refractivity contribution is 6.03. The fourth-order valence-corrected chi connectivity index (χ4v) is 1.97. The summed E-state index contributed by atoms with van der Waals surface area (Å²) in [6.45, 7) is 2.48. The number of nitrogens with zero attached hydrogens (tertiary/aromatic N) is 2. The molecule has 0 aliphatic heterocycles. The van der Waals surface area contributed by atoms with E-state index < -0.39 is 4.92 Å². The number of nitro groups is 1. The van der Waals surface area contributed by atoms with Crippen molar-refractivity contribution in [3.8, 4) is 0 Å². The second-order valence-corrected chi connectivity index (χ2v) is 4.61. The van der Waals surface area contributed by atoms with Gasteiger partial charge < -0.3 is 15.6 Å². The summed E-state index contributed by atoms with van der Waals surface area (Å²) < 4.78 is 1.59. The van der Waals surface area contributed by atoms with Crippen molar-refractivity contribution in [2.45, 2.75) is 19.9 Å². The summed E-state index contributed by atoms with van der Waals surface area (Å²) in [5, 5.41) is 13.5. The molecule has 1 amide bonds. The van der Waals surface area contributed by atoms with Gasteiger partial charge in [-0.25, -0.2) is 0 Å². The zero-order valence-corrected chi connectivity index (χ0v) is 11.6. The van der Waals surface area contributed by atoms with Crippen molar-refractivity contribution in [3.05, 3.63) is 52.3 Å². The summed E-state index contributed by atoms with van der Waals surface area (Å²) in [5.41, 5.74) is 6.93. The lowest BCUT2D eigenvalue weighted by atomic mass is 10.2. The van der Waals surface area contributed by atoms with Crippen LogP contribution in [-0.2, 0) is 6.54 Å². The third-order valence-electron chi connectivity index (χ3n) is 2.96. The van der Waals surface area contributed by atoms with Crippen molar-refractivity contribution < 1.29 is 9.72 Å². The summed E-state index contributed by atoms with van der Waals surface area (Å²) in [6, 6.07) is 7.97. The van der Waals surface area contributed by atoms with Gasteiger partial charge in [0, 0.05) is 24.0 Å². The molecule has 0 radical (unpaired) electrons. The first-order valence-corrected chi connectivity index (χ1v) is 6.52. The number of carbonyl (C=O) groups is 1. The Morgan fingerprint density at radius 2 is 2.05 bits per heavy atom. The highest BCUT2D eigenvalue weighted by atomic mass is 16.6. The first kappa shape index (κ1) is 14.6. The number of hydrogen-bond donors (Lipinski definition) is 2. The molecule has 1 aromatic carbocycles. The van der Waals surface area contributed by atoms with Gasteiger partial charge in [-0.05, 0) is 30.7 Å². The average Bonchev–Trinajstić information content (AvgIpc) is 2.86. The van der Waals surface area contributed by atoms with Gasteiger partial charge in [0.25, 0.3) is 11.6 Å². The summed E-state index contributed by atoms with van der Waals surface area (Å²) in [4.78, 5) is 22.6. The van der Waals surface area contributed by atoms with E-state index in [1.807, 2.05) is 6.92 Å². The molecule has 1 heterocycles. The van der Waals surface area contributed by atoms with Crippen molar-refractivity contribution in [3.63, 3.8) is 0 Å². The van der Waals surface area contributed by atoms with E-state index in [9.17, 15) is 14.9 Å². The monoisotopic (exact) mass is 288 g/mol. The number of nitrogens with one attached hydrogen (secondary N) is 1. The Morgan fingerprint density at radius 1 is 1.38 bits per heavy atom. The number of hydrogen-bond acceptors (Lipinski definition) is 4. The first-order chi connectivity index (χ1) is 10.0. The van der Waals surface area contributed by atoms with Crippen LogP contribution < -0.4 is 11.1 Å². The lowest BCUT2D eigenvalue weighted by Crippen LogP contribution is -2.16. The molecule has 0 atom stereocenters. The number of amides is 1. The van der Waals surface area contributed by atoms with E-state index in [-0.39, 0.29) is 17.3 Å². The lowest BCUT2D eigenvalue weighted by Gasteiger charge is -2.08. The molecule has 21 heavy (non-hydrogen) atoms. The molecule has 0 aliphatic rings. The fourth-order valence-electron chi connectivity index (χ4n) is 1.97. The summed E-state index contributed by atoms with van der Waals surface area (Å²) in [6.07, 6.45) is 2.15. The summed E-state index contributed by atoms with van der Waals surface area (Å²) >= 11 is 0. The van der Waals surface area contributed by atoms with Crippen LogP contribution in [0, 0.1) is 10.1 Å². The van der Waals surface area contributed by atoms with E-state index in [1.54, 1.807) is 28.8 Å². The second kappa shape index (κ2) is 6.08. The number of nitrogen functional groups attached to an aromatic ring is 1. The largest absolute Gasteiger partial charge is 0.399 e. The van der Waals surface area contributed by atoms with E-state index >= 15 is 0 Å². The van der Waals surface area contributed by atoms with Crippen LogP contribution in [0.5, 0.6) is 0 Å². The first-order valence-electron chi connectivity index (χ1n) is 6.52. The maximum Gasteiger partial charge on any atom is 0.287 e. The molecule has 110 valence electrons. The van der Waals surface area contributed by atoms with E-state index in [2.05, 4.69) is 5.32 Å². The Kier molecular flexibility index (Phi) is 4.22. The molecule has 1 aromatic heterocycles. The average molecular weight is 288 g/mol. The molecule has 7 heteroatoms. The Labute approximate surface area is 121 Å². The molecular weight excluding hydrogens is 272 g/mol. The third kappa shape index (κ3) is 3.38. The molecule has 0 fully saturated rings. The smallest absolute Gasteiger partial charge is 0.287 e. The molecule has 0 saturated heterocycles. The Morgan fingerprint density at radius 3 is 2.62 bits per heavy atom. The third-order valence-corrected chi connectivity index (χ3v) is 2.96. The van der Waals surface area contributed by atoms with E-state index in [1.165, 1.54) is 12.3 Å². The van der Waals surface area contributed by atoms with Crippen LogP contribution >= 0.6 is 0 Å². The van der Waals surface area contributed by atoms with Gasteiger partial charge >= 0.3 is 0 Å². The molecule has 0 saturated carbocycles. The van der Waals surface area contributed by atoms with Crippen LogP contribution in [0.2, 0.25) is 0 Å². The van der Waals surface area contributed by atoms with Crippen LogP contribution in [0.15, 0.2) is 36.5 Å². The van der Waals surface area contributed by atoms with Crippen molar-refractivity contribution in [1.82, 2.24) is 4.57 Å². The molecule has 0 aliphatic carbocycles.